The number of thiophene rings is 1. The lowest BCUT2D eigenvalue weighted by Crippen LogP contribution is -2.50. The molecule has 8 heteroatoms. The van der Waals surface area contributed by atoms with Crippen molar-refractivity contribution in [3.63, 3.8) is 0 Å². The predicted octanol–water partition coefficient (Wildman–Crippen LogP) is 3.07. The maximum atomic E-state index is 13.1. The van der Waals surface area contributed by atoms with Gasteiger partial charge in [0.15, 0.2) is 0 Å². The lowest BCUT2D eigenvalue weighted by molar-refractivity contribution is -0.124. The van der Waals surface area contributed by atoms with Crippen molar-refractivity contribution < 1.29 is 17.9 Å². The van der Waals surface area contributed by atoms with E-state index < -0.39 is 16.1 Å². The lowest BCUT2D eigenvalue weighted by atomic mass is 9.74. The van der Waals surface area contributed by atoms with E-state index in [0.717, 1.165) is 12.8 Å². The number of nitrogens with zero attached hydrogens (tertiary/aromatic N) is 1. The Morgan fingerprint density at radius 1 is 1.23 bits per heavy atom. The second-order valence-corrected chi connectivity index (χ2v) is 11.2. The van der Waals surface area contributed by atoms with Crippen LogP contribution in [-0.2, 0) is 25.0 Å². The maximum Gasteiger partial charge on any atom is 0.253 e. The molecule has 1 aromatic heterocycles. The number of nitrogens with one attached hydrogen (secondary N) is 1. The van der Waals surface area contributed by atoms with E-state index >= 15 is 0 Å². The third-order valence-corrected chi connectivity index (χ3v) is 9.56. The van der Waals surface area contributed by atoms with Crippen molar-refractivity contribution in [2.24, 2.45) is 0 Å². The quantitative estimate of drug-likeness (QED) is 0.737. The summed E-state index contributed by atoms with van der Waals surface area (Å²) >= 11 is 1.19. The number of amides is 1. The van der Waals surface area contributed by atoms with E-state index in [4.69, 9.17) is 4.74 Å². The number of carbonyl (C=O) groups is 1. The summed E-state index contributed by atoms with van der Waals surface area (Å²) in [5.41, 5.74) is 2.22. The molecule has 4 rings (SSSR count). The summed E-state index contributed by atoms with van der Waals surface area (Å²) in [6.07, 6.45) is 2.91. The third kappa shape index (κ3) is 4.19. The molecule has 3 heterocycles. The molecule has 1 amide bonds. The summed E-state index contributed by atoms with van der Waals surface area (Å²) in [5.74, 6) is -0.203. The number of sulfonamides is 1. The standard InChI is InChI=1S/C22H28N2O4S2/c1-17-6-8-18(9-7-17)22(10-13-28-14-11-22)16-23-21(25)19-4-2-12-24(19)30(26,27)20-5-3-15-29-20/h3,5-9,15,19H,2,4,10-14,16H2,1H3,(H,23,25). The molecule has 0 radical (unpaired) electrons. The third-order valence-electron chi connectivity index (χ3n) is 6.28. The molecule has 162 valence electrons. The van der Waals surface area contributed by atoms with Crippen LogP contribution in [0.3, 0.4) is 0 Å². The number of hydrogen-bond acceptors (Lipinski definition) is 5. The second-order valence-electron chi connectivity index (χ2n) is 8.18. The van der Waals surface area contributed by atoms with Crippen LogP contribution >= 0.6 is 11.3 Å². The topological polar surface area (TPSA) is 75.7 Å². The molecule has 0 bridgehead atoms. The highest BCUT2D eigenvalue weighted by Crippen LogP contribution is 2.35. The van der Waals surface area contributed by atoms with Crippen molar-refractivity contribution >= 4 is 27.3 Å². The van der Waals surface area contributed by atoms with Crippen LogP contribution in [0.4, 0.5) is 0 Å². The van der Waals surface area contributed by atoms with Gasteiger partial charge in [-0.15, -0.1) is 11.3 Å². The molecule has 0 aliphatic carbocycles. The molecule has 1 atom stereocenters. The minimum atomic E-state index is -3.63. The summed E-state index contributed by atoms with van der Waals surface area (Å²) < 4.78 is 33.2. The summed E-state index contributed by atoms with van der Waals surface area (Å²) in [6, 6.07) is 11.1. The van der Waals surface area contributed by atoms with Crippen LogP contribution in [0.25, 0.3) is 0 Å². The maximum absolute atomic E-state index is 13.1. The van der Waals surface area contributed by atoms with Gasteiger partial charge in [0.1, 0.15) is 10.3 Å². The fourth-order valence-corrected chi connectivity index (χ4v) is 7.20. The molecular formula is C22H28N2O4S2. The Hall–Kier alpha value is -1.74. The molecule has 2 aliphatic rings. The Kier molecular flexibility index (Phi) is 6.29. The first-order valence-corrected chi connectivity index (χ1v) is 12.7. The summed E-state index contributed by atoms with van der Waals surface area (Å²) in [4.78, 5) is 13.1. The molecular weight excluding hydrogens is 420 g/mol. The van der Waals surface area contributed by atoms with E-state index in [-0.39, 0.29) is 11.3 Å². The van der Waals surface area contributed by atoms with E-state index in [1.54, 1.807) is 17.5 Å². The van der Waals surface area contributed by atoms with E-state index in [1.807, 2.05) is 0 Å². The van der Waals surface area contributed by atoms with Crippen LogP contribution in [0.15, 0.2) is 46.0 Å². The monoisotopic (exact) mass is 448 g/mol. The number of aryl methyl sites for hydroxylation is 1. The Bertz CT molecular complexity index is 965. The molecule has 30 heavy (non-hydrogen) atoms. The molecule has 2 saturated heterocycles. The molecule has 2 aliphatic heterocycles. The van der Waals surface area contributed by atoms with Gasteiger partial charge < -0.3 is 10.1 Å². The van der Waals surface area contributed by atoms with Crippen LogP contribution in [0.2, 0.25) is 0 Å². The molecule has 2 aromatic rings. The lowest BCUT2D eigenvalue weighted by Gasteiger charge is -2.38. The highest BCUT2D eigenvalue weighted by atomic mass is 32.2. The van der Waals surface area contributed by atoms with Crippen molar-refractivity contribution in [1.82, 2.24) is 9.62 Å². The van der Waals surface area contributed by atoms with E-state index in [9.17, 15) is 13.2 Å². The van der Waals surface area contributed by atoms with Gasteiger partial charge in [0, 0.05) is 31.7 Å². The van der Waals surface area contributed by atoms with E-state index in [0.29, 0.717) is 43.4 Å². The van der Waals surface area contributed by atoms with Crippen molar-refractivity contribution in [3.8, 4) is 0 Å². The van der Waals surface area contributed by atoms with Gasteiger partial charge >= 0.3 is 0 Å². The number of rotatable bonds is 6. The number of hydrogen-bond donors (Lipinski definition) is 1. The number of benzene rings is 1. The van der Waals surface area contributed by atoms with Gasteiger partial charge in [0.2, 0.25) is 5.91 Å². The minimum Gasteiger partial charge on any atom is -0.381 e. The fourth-order valence-electron chi connectivity index (χ4n) is 4.43. The number of ether oxygens (including phenoxy) is 1. The predicted molar refractivity (Wildman–Crippen MR) is 117 cm³/mol. The zero-order valence-corrected chi connectivity index (χ0v) is 18.8. The summed E-state index contributed by atoms with van der Waals surface area (Å²) in [7, 11) is -3.63. The molecule has 0 saturated carbocycles. The van der Waals surface area contributed by atoms with Crippen molar-refractivity contribution in [2.45, 2.75) is 48.3 Å². The van der Waals surface area contributed by atoms with Gasteiger partial charge in [-0.05, 0) is 49.6 Å². The summed E-state index contributed by atoms with van der Waals surface area (Å²) in [5, 5.41) is 4.84. The van der Waals surface area contributed by atoms with Crippen LogP contribution < -0.4 is 5.32 Å². The van der Waals surface area contributed by atoms with E-state index in [2.05, 4.69) is 36.5 Å². The smallest absolute Gasteiger partial charge is 0.253 e. The normalized spacial score (nSPS) is 22.1. The Labute approximate surface area is 182 Å². The Balaban J connectivity index is 1.50. The zero-order chi connectivity index (χ0) is 21.2. The van der Waals surface area contributed by atoms with Gasteiger partial charge in [0.05, 0.1) is 0 Å². The first kappa shape index (κ1) is 21.5. The van der Waals surface area contributed by atoms with Gasteiger partial charge in [-0.1, -0.05) is 35.9 Å². The zero-order valence-electron chi connectivity index (χ0n) is 17.2. The highest BCUT2D eigenvalue weighted by molar-refractivity contribution is 7.91. The molecule has 6 nitrogen and oxygen atoms in total. The van der Waals surface area contributed by atoms with Crippen LogP contribution in [0, 0.1) is 6.92 Å². The average Bonchev–Trinajstić information content (AvgIpc) is 3.46. The van der Waals surface area contributed by atoms with Crippen molar-refractivity contribution in [2.75, 3.05) is 26.3 Å². The van der Waals surface area contributed by atoms with Crippen LogP contribution in [0.5, 0.6) is 0 Å². The Morgan fingerprint density at radius 3 is 2.63 bits per heavy atom. The van der Waals surface area contributed by atoms with Gasteiger partial charge in [-0.2, -0.15) is 4.31 Å². The van der Waals surface area contributed by atoms with Gasteiger partial charge in [-0.3, -0.25) is 4.79 Å². The molecule has 1 unspecified atom stereocenters. The largest absolute Gasteiger partial charge is 0.381 e. The first-order chi connectivity index (χ1) is 14.4. The van der Waals surface area contributed by atoms with Crippen LogP contribution in [0.1, 0.15) is 36.8 Å². The Morgan fingerprint density at radius 2 is 1.97 bits per heavy atom. The summed E-state index contributed by atoms with van der Waals surface area (Å²) in [6.45, 7) is 4.25. The van der Waals surface area contributed by atoms with Crippen molar-refractivity contribution in [1.29, 1.82) is 0 Å². The highest BCUT2D eigenvalue weighted by Gasteiger charge is 2.41. The second kappa shape index (κ2) is 8.78. The number of carbonyl (C=O) groups excluding carboxylic acids is 1. The van der Waals surface area contributed by atoms with Gasteiger partial charge in [0.25, 0.3) is 10.0 Å². The molecule has 2 fully saturated rings. The van der Waals surface area contributed by atoms with Gasteiger partial charge in [-0.25, -0.2) is 8.42 Å². The molecule has 1 aromatic carbocycles. The SMILES string of the molecule is Cc1ccc(C2(CNC(=O)C3CCCN3S(=O)(=O)c3cccs3)CCOCC2)cc1. The average molecular weight is 449 g/mol. The molecule has 1 N–H and O–H groups in total. The van der Waals surface area contributed by atoms with Crippen LogP contribution in [-0.4, -0.2) is 51.0 Å². The van der Waals surface area contributed by atoms with E-state index in [1.165, 1.54) is 26.8 Å². The first-order valence-electron chi connectivity index (χ1n) is 10.4. The minimum absolute atomic E-state index is 0.183. The fraction of sp³-hybridized carbons (Fsp3) is 0.500. The van der Waals surface area contributed by atoms with Crippen molar-refractivity contribution in [3.05, 3.63) is 52.9 Å². The molecule has 0 spiro atoms.